The molecule has 1 amide bonds. The maximum atomic E-state index is 12.1. The number of hydrogen-bond acceptors (Lipinski definition) is 4. The van der Waals surface area contributed by atoms with Crippen LogP contribution in [0.5, 0.6) is 0 Å². The molecule has 0 aliphatic carbocycles. The standard InChI is InChI=1S/C13H11BrN2OS2/c14-11-2-1-10(19-11)13-16(12(17)8-18-13)7-9-3-5-15-6-4-9/h1-6,13H,7-8H2. The highest BCUT2D eigenvalue weighted by Crippen LogP contribution is 2.43. The zero-order chi connectivity index (χ0) is 13.2. The molecule has 1 aliphatic rings. The first kappa shape index (κ1) is 13.1. The zero-order valence-corrected chi connectivity index (χ0v) is 13.2. The molecule has 98 valence electrons. The molecule has 1 unspecified atom stereocenters. The van der Waals surface area contributed by atoms with Crippen LogP contribution in [0, 0.1) is 0 Å². The van der Waals surface area contributed by atoms with Crippen molar-refractivity contribution >= 4 is 44.9 Å². The Morgan fingerprint density at radius 2 is 2.11 bits per heavy atom. The molecule has 1 fully saturated rings. The smallest absolute Gasteiger partial charge is 0.234 e. The highest BCUT2D eigenvalue weighted by molar-refractivity contribution is 9.11. The summed E-state index contributed by atoms with van der Waals surface area (Å²) < 4.78 is 1.10. The van der Waals surface area contributed by atoms with Crippen LogP contribution in [-0.2, 0) is 11.3 Å². The molecule has 0 spiro atoms. The minimum absolute atomic E-state index is 0.136. The molecule has 2 aromatic rings. The number of carbonyl (C=O) groups is 1. The van der Waals surface area contributed by atoms with Crippen LogP contribution in [0.4, 0.5) is 0 Å². The fraction of sp³-hybridized carbons (Fsp3) is 0.231. The van der Waals surface area contributed by atoms with Crippen molar-refractivity contribution in [3.63, 3.8) is 0 Å². The second kappa shape index (κ2) is 5.64. The van der Waals surface area contributed by atoms with Crippen molar-refractivity contribution in [2.45, 2.75) is 11.9 Å². The number of aromatic nitrogens is 1. The van der Waals surface area contributed by atoms with Gasteiger partial charge in [-0.2, -0.15) is 0 Å². The Morgan fingerprint density at radius 3 is 2.79 bits per heavy atom. The summed E-state index contributed by atoms with van der Waals surface area (Å²) in [5, 5.41) is 0.136. The predicted molar refractivity (Wildman–Crippen MR) is 82.0 cm³/mol. The van der Waals surface area contributed by atoms with E-state index in [2.05, 4.69) is 27.0 Å². The Hall–Kier alpha value is -0.850. The number of rotatable bonds is 3. The van der Waals surface area contributed by atoms with Crippen LogP contribution >= 0.6 is 39.0 Å². The van der Waals surface area contributed by atoms with Crippen molar-refractivity contribution in [1.82, 2.24) is 9.88 Å². The number of halogens is 1. The van der Waals surface area contributed by atoms with Gasteiger partial charge in [0.25, 0.3) is 0 Å². The third-order valence-electron chi connectivity index (χ3n) is 2.91. The highest BCUT2D eigenvalue weighted by atomic mass is 79.9. The minimum atomic E-state index is 0.136. The Bertz CT molecular complexity index is 587. The van der Waals surface area contributed by atoms with Crippen molar-refractivity contribution in [3.8, 4) is 0 Å². The second-order valence-electron chi connectivity index (χ2n) is 4.18. The largest absolute Gasteiger partial charge is 0.321 e. The quantitative estimate of drug-likeness (QED) is 0.842. The second-order valence-corrected chi connectivity index (χ2v) is 7.75. The van der Waals surface area contributed by atoms with E-state index in [4.69, 9.17) is 0 Å². The van der Waals surface area contributed by atoms with Crippen LogP contribution in [0.1, 0.15) is 15.8 Å². The van der Waals surface area contributed by atoms with Crippen LogP contribution in [0.2, 0.25) is 0 Å². The van der Waals surface area contributed by atoms with Gasteiger partial charge in [-0.25, -0.2) is 0 Å². The lowest BCUT2D eigenvalue weighted by atomic mass is 10.2. The van der Waals surface area contributed by atoms with Crippen molar-refractivity contribution in [2.24, 2.45) is 0 Å². The van der Waals surface area contributed by atoms with Gasteiger partial charge in [0, 0.05) is 23.8 Å². The Labute approximate surface area is 128 Å². The van der Waals surface area contributed by atoms with Gasteiger partial charge in [0.05, 0.1) is 9.54 Å². The Balaban J connectivity index is 1.83. The number of pyridine rings is 1. The third kappa shape index (κ3) is 2.85. The molecular weight excluding hydrogens is 344 g/mol. The molecular formula is C13H11BrN2OS2. The molecule has 3 heterocycles. The lowest BCUT2D eigenvalue weighted by molar-refractivity contribution is -0.128. The topological polar surface area (TPSA) is 33.2 Å². The van der Waals surface area contributed by atoms with Gasteiger partial charge in [-0.1, -0.05) is 0 Å². The van der Waals surface area contributed by atoms with Gasteiger partial charge in [0.2, 0.25) is 5.91 Å². The first-order valence-electron chi connectivity index (χ1n) is 5.79. The van der Waals surface area contributed by atoms with Crippen molar-refractivity contribution in [1.29, 1.82) is 0 Å². The molecule has 2 aromatic heterocycles. The fourth-order valence-corrected chi connectivity index (χ4v) is 4.85. The number of carbonyl (C=O) groups excluding carboxylic acids is 1. The summed E-state index contributed by atoms with van der Waals surface area (Å²) in [7, 11) is 0. The molecule has 1 aliphatic heterocycles. The average molecular weight is 355 g/mol. The molecule has 19 heavy (non-hydrogen) atoms. The van der Waals surface area contributed by atoms with E-state index in [0.717, 1.165) is 9.35 Å². The molecule has 0 bridgehead atoms. The molecule has 3 rings (SSSR count). The van der Waals surface area contributed by atoms with Crippen molar-refractivity contribution < 1.29 is 4.79 Å². The van der Waals surface area contributed by atoms with E-state index in [-0.39, 0.29) is 11.3 Å². The number of thioether (sulfide) groups is 1. The van der Waals surface area contributed by atoms with E-state index in [1.165, 1.54) is 4.88 Å². The van der Waals surface area contributed by atoms with Crippen LogP contribution in [-0.4, -0.2) is 21.5 Å². The van der Waals surface area contributed by atoms with E-state index < -0.39 is 0 Å². The van der Waals surface area contributed by atoms with Crippen LogP contribution in [0.3, 0.4) is 0 Å². The summed E-state index contributed by atoms with van der Waals surface area (Å²) in [6.45, 7) is 0.647. The first-order chi connectivity index (χ1) is 9.24. The van der Waals surface area contributed by atoms with E-state index in [1.54, 1.807) is 35.5 Å². The van der Waals surface area contributed by atoms with Crippen molar-refractivity contribution in [2.75, 3.05) is 5.75 Å². The SMILES string of the molecule is O=C1CSC(c2ccc(Br)s2)N1Cc1ccncc1. The molecule has 1 saturated heterocycles. The summed E-state index contributed by atoms with van der Waals surface area (Å²) in [6, 6.07) is 8.04. The number of amides is 1. The van der Waals surface area contributed by atoms with Gasteiger partial charge in [0.1, 0.15) is 5.37 Å². The summed E-state index contributed by atoms with van der Waals surface area (Å²) in [4.78, 5) is 19.2. The summed E-state index contributed by atoms with van der Waals surface area (Å²) in [5.41, 5.74) is 1.12. The molecule has 0 saturated carbocycles. The monoisotopic (exact) mass is 354 g/mol. The van der Waals surface area contributed by atoms with Gasteiger partial charge in [0.15, 0.2) is 0 Å². The Kier molecular flexibility index (Phi) is 3.91. The van der Waals surface area contributed by atoms with E-state index in [9.17, 15) is 4.79 Å². The summed E-state index contributed by atoms with van der Waals surface area (Å²) >= 11 is 6.86. The van der Waals surface area contributed by atoms with E-state index in [1.807, 2.05) is 23.1 Å². The molecule has 0 N–H and O–H groups in total. The van der Waals surface area contributed by atoms with Gasteiger partial charge >= 0.3 is 0 Å². The summed E-state index contributed by atoms with van der Waals surface area (Å²) in [5.74, 6) is 0.766. The van der Waals surface area contributed by atoms with Gasteiger partial charge in [-0.05, 0) is 45.8 Å². The normalized spacial score (nSPS) is 19.1. The van der Waals surface area contributed by atoms with Crippen LogP contribution < -0.4 is 0 Å². The van der Waals surface area contributed by atoms with Crippen LogP contribution in [0.15, 0.2) is 40.4 Å². The third-order valence-corrected chi connectivity index (χ3v) is 5.97. The number of hydrogen-bond donors (Lipinski definition) is 0. The molecule has 1 atom stereocenters. The Morgan fingerprint density at radius 1 is 1.32 bits per heavy atom. The predicted octanol–water partition coefficient (Wildman–Crippen LogP) is 3.68. The number of nitrogens with zero attached hydrogens (tertiary/aromatic N) is 2. The van der Waals surface area contributed by atoms with E-state index in [0.29, 0.717) is 12.3 Å². The molecule has 0 radical (unpaired) electrons. The maximum absolute atomic E-state index is 12.1. The fourth-order valence-electron chi connectivity index (χ4n) is 2.01. The average Bonchev–Trinajstić information content (AvgIpc) is 2.99. The van der Waals surface area contributed by atoms with Crippen molar-refractivity contribution in [3.05, 3.63) is 50.9 Å². The molecule has 3 nitrogen and oxygen atoms in total. The number of thiophene rings is 1. The summed E-state index contributed by atoms with van der Waals surface area (Å²) in [6.07, 6.45) is 3.53. The lowest BCUT2D eigenvalue weighted by Crippen LogP contribution is -2.27. The van der Waals surface area contributed by atoms with Gasteiger partial charge < -0.3 is 4.90 Å². The maximum Gasteiger partial charge on any atom is 0.234 e. The zero-order valence-electron chi connectivity index (χ0n) is 9.95. The van der Waals surface area contributed by atoms with Gasteiger partial charge in [-0.15, -0.1) is 23.1 Å². The first-order valence-corrected chi connectivity index (χ1v) is 8.45. The lowest BCUT2D eigenvalue weighted by Gasteiger charge is -2.23. The highest BCUT2D eigenvalue weighted by Gasteiger charge is 2.33. The van der Waals surface area contributed by atoms with E-state index >= 15 is 0 Å². The minimum Gasteiger partial charge on any atom is -0.321 e. The molecule has 0 aromatic carbocycles. The van der Waals surface area contributed by atoms with Crippen LogP contribution in [0.25, 0.3) is 0 Å². The van der Waals surface area contributed by atoms with Gasteiger partial charge in [-0.3, -0.25) is 9.78 Å². The molecule has 6 heteroatoms.